The molecular formula is C17H18ClF2N. The summed E-state index contributed by atoms with van der Waals surface area (Å²) >= 11 is 5.77. The van der Waals surface area contributed by atoms with Crippen molar-refractivity contribution in [3.8, 4) is 0 Å². The molecule has 2 rings (SSSR count). The predicted octanol–water partition coefficient (Wildman–Crippen LogP) is 4.38. The minimum atomic E-state index is -0.287. The summed E-state index contributed by atoms with van der Waals surface area (Å²) in [4.78, 5) is 0. The molecule has 0 bridgehead atoms. The summed E-state index contributed by atoms with van der Waals surface area (Å²) in [5.41, 5.74) is 1.66. The number of rotatable bonds is 6. The molecule has 0 radical (unpaired) electrons. The lowest BCUT2D eigenvalue weighted by atomic mass is 9.98. The number of hydrogen-bond acceptors (Lipinski definition) is 1. The van der Waals surface area contributed by atoms with E-state index in [0.717, 1.165) is 18.5 Å². The third-order valence-corrected chi connectivity index (χ3v) is 3.60. The first-order valence-corrected chi connectivity index (χ1v) is 7.38. The molecule has 0 aliphatic heterocycles. The first-order valence-electron chi connectivity index (χ1n) is 7.00. The van der Waals surface area contributed by atoms with E-state index in [4.69, 9.17) is 11.6 Å². The number of benzene rings is 2. The number of likely N-dealkylation sites (N-methyl/N-ethyl adjacent to an activating group) is 1. The summed E-state index contributed by atoms with van der Waals surface area (Å²) < 4.78 is 26.8. The van der Waals surface area contributed by atoms with Gasteiger partial charge in [0.15, 0.2) is 0 Å². The highest BCUT2D eigenvalue weighted by atomic mass is 35.5. The van der Waals surface area contributed by atoms with Crippen LogP contribution < -0.4 is 5.32 Å². The highest BCUT2D eigenvalue weighted by Gasteiger charge is 2.13. The molecule has 2 aromatic carbocycles. The van der Waals surface area contributed by atoms with E-state index in [1.807, 2.05) is 6.92 Å². The Hall–Kier alpha value is -1.45. The first kappa shape index (κ1) is 15.9. The Bertz CT molecular complexity index is 584. The molecule has 0 amide bonds. The van der Waals surface area contributed by atoms with Gasteiger partial charge in [0.1, 0.15) is 11.6 Å². The third kappa shape index (κ3) is 4.80. The van der Waals surface area contributed by atoms with Crippen molar-refractivity contribution in [2.24, 2.45) is 0 Å². The summed E-state index contributed by atoms with van der Waals surface area (Å²) in [5, 5.41) is 3.74. The van der Waals surface area contributed by atoms with Crippen molar-refractivity contribution in [2.45, 2.75) is 25.8 Å². The molecule has 1 N–H and O–H groups in total. The SMILES string of the molecule is CCNC(Cc1ccc(F)cc1)Cc1ccc(Cl)cc1F. The monoisotopic (exact) mass is 309 g/mol. The van der Waals surface area contributed by atoms with Crippen molar-refractivity contribution >= 4 is 11.6 Å². The Kier molecular flexibility index (Phi) is 5.71. The van der Waals surface area contributed by atoms with Crippen LogP contribution in [0.5, 0.6) is 0 Å². The molecule has 112 valence electrons. The fraction of sp³-hybridized carbons (Fsp3) is 0.294. The fourth-order valence-corrected chi connectivity index (χ4v) is 2.52. The van der Waals surface area contributed by atoms with Crippen LogP contribution in [0, 0.1) is 11.6 Å². The van der Waals surface area contributed by atoms with E-state index in [9.17, 15) is 8.78 Å². The van der Waals surface area contributed by atoms with Gasteiger partial charge in [-0.1, -0.05) is 36.7 Å². The zero-order chi connectivity index (χ0) is 15.2. The van der Waals surface area contributed by atoms with Crippen LogP contribution >= 0.6 is 11.6 Å². The zero-order valence-electron chi connectivity index (χ0n) is 11.9. The molecule has 0 heterocycles. The number of nitrogens with one attached hydrogen (secondary N) is 1. The molecule has 0 aliphatic rings. The fourth-order valence-electron chi connectivity index (χ4n) is 2.36. The topological polar surface area (TPSA) is 12.0 Å². The second kappa shape index (κ2) is 7.53. The Morgan fingerprint density at radius 3 is 2.38 bits per heavy atom. The van der Waals surface area contributed by atoms with Crippen LogP contribution in [0.15, 0.2) is 42.5 Å². The van der Waals surface area contributed by atoms with E-state index in [-0.39, 0.29) is 17.7 Å². The van der Waals surface area contributed by atoms with E-state index in [1.54, 1.807) is 24.3 Å². The molecule has 21 heavy (non-hydrogen) atoms. The number of hydrogen-bond donors (Lipinski definition) is 1. The second-order valence-corrected chi connectivity index (χ2v) is 5.46. The van der Waals surface area contributed by atoms with Crippen LogP contribution in [0.25, 0.3) is 0 Å². The van der Waals surface area contributed by atoms with Gasteiger partial charge in [-0.25, -0.2) is 8.78 Å². The molecule has 1 unspecified atom stereocenters. The molecule has 1 atom stereocenters. The van der Waals surface area contributed by atoms with Gasteiger partial charge in [0.25, 0.3) is 0 Å². The van der Waals surface area contributed by atoms with Crippen LogP contribution in [0.3, 0.4) is 0 Å². The smallest absolute Gasteiger partial charge is 0.127 e. The van der Waals surface area contributed by atoms with E-state index in [2.05, 4.69) is 5.32 Å². The average molecular weight is 310 g/mol. The largest absolute Gasteiger partial charge is 0.314 e. The van der Waals surface area contributed by atoms with E-state index < -0.39 is 0 Å². The molecule has 0 aliphatic carbocycles. The Morgan fingerprint density at radius 2 is 1.76 bits per heavy atom. The molecule has 0 aromatic heterocycles. The van der Waals surface area contributed by atoms with Crippen LogP contribution in [0.2, 0.25) is 5.02 Å². The van der Waals surface area contributed by atoms with Crippen LogP contribution in [-0.4, -0.2) is 12.6 Å². The summed E-state index contributed by atoms with van der Waals surface area (Å²) in [5.74, 6) is -0.535. The second-order valence-electron chi connectivity index (χ2n) is 5.03. The van der Waals surface area contributed by atoms with Gasteiger partial charge in [-0.2, -0.15) is 0 Å². The lowest BCUT2D eigenvalue weighted by Gasteiger charge is -2.18. The van der Waals surface area contributed by atoms with Gasteiger partial charge < -0.3 is 5.32 Å². The molecule has 0 fully saturated rings. The summed E-state index contributed by atoms with van der Waals surface area (Å²) in [6.07, 6.45) is 1.28. The van der Waals surface area contributed by atoms with Gasteiger partial charge in [0, 0.05) is 11.1 Å². The normalized spacial score (nSPS) is 12.4. The maximum Gasteiger partial charge on any atom is 0.127 e. The standard InChI is InChI=1S/C17H18ClF2N/c1-2-21-16(9-12-3-7-15(19)8-4-12)10-13-5-6-14(18)11-17(13)20/h3-8,11,16,21H,2,9-10H2,1H3. The van der Waals surface area contributed by atoms with Crippen molar-refractivity contribution in [1.82, 2.24) is 5.32 Å². The maximum atomic E-state index is 13.9. The van der Waals surface area contributed by atoms with Crippen molar-refractivity contribution in [2.75, 3.05) is 6.54 Å². The lowest BCUT2D eigenvalue weighted by Crippen LogP contribution is -2.33. The van der Waals surface area contributed by atoms with E-state index in [0.29, 0.717) is 17.0 Å². The Balaban J connectivity index is 2.09. The van der Waals surface area contributed by atoms with Gasteiger partial charge in [-0.15, -0.1) is 0 Å². The van der Waals surface area contributed by atoms with Gasteiger partial charge in [0.2, 0.25) is 0 Å². The maximum absolute atomic E-state index is 13.9. The van der Waals surface area contributed by atoms with Crippen molar-refractivity contribution < 1.29 is 8.78 Å². The summed E-state index contributed by atoms with van der Waals surface area (Å²) in [6, 6.07) is 11.2. The molecule has 0 saturated carbocycles. The highest BCUT2D eigenvalue weighted by molar-refractivity contribution is 6.30. The van der Waals surface area contributed by atoms with Gasteiger partial charge in [-0.05, 0) is 54.8 Å². The third-order valence-electron chi connectivity index (χ3n) is 3.37. The lowest BCUT2D eigenvalue weighted by molar-refractivity contribution is 0.505. The van der Waals surface area contributed by atoms with Crippen LogP contribution in [0.1, 0.15) is 18.1 Å². The summed E-state index contributed by atoms with van der Waals surface area (Å²) in [7, 11) is 0. The molecule has 0 spiro atoms. The van der Waals surface area contributed by atoms with Crippen LogP contribution in [0.4, 0.5) is 8.78 Å². The average Bonchev–Trinajstić information content (AvgIpc) is 2.44. The predicted molar refractivity (Wildman–Crippen MR) is 82.7 cm³/mol. The minimum Gasteiger partial charge on any atom is -0.314 e. The minimum absolute atomic E-state index is 0.0936. The first-order chi connectivity index (χ1) is 10.1. The molecule has 0 saturated heterocycles. The highest BCUT2D eigenvalue weighted by Crippen LogP contribution is 2.17. The van der Waals surface area contributed by atoms with Gasteiger partial charge in [-0.3, -0.25) is 0 Å². The molecule has 2 aromatic rings. The molecule has 1 nitrogen and oxygen atoms in total. The van der Waals surface area contributed by atoms with Crippen molar-refractivity contribution in [3.05, 3.63) is 70.2 Å². The molecular weight excluding hydrogens is 292 g/mol. The zero-order valence-corrected chi connectivity index (χ0v) is 12.6. The van der Waals surface area contributed by atoms with Gasteiger partial charge in [0.05, 0.1) is 0 Å². The van der Waals surface area contributed by atoms with Crippen molar-refractivity contribution in [1.29, 1.82) is 0 Å². The van der Waals surface area contributed by atoms with E-state index in [1.165, 1.54) is 18.2 Å². The van der Waals surface area contributed by atoms with Crippen molar-refractivity contribution in [3.63, 3.8) is 0 Å². The van der Waals surface area contributed by atoms with Crippen LogP contribution in [-0.2, 0) is 12.8 Å². The summed E-state index contributed by atoms with van der Waals surface area (Å²) in [6.45, 7) is 2.80. The van der Waals surface area contributed by atoms with Gasteiger partial charge >= 0.3 is 0 Å². The quantitative estimate of drug-likeness (QED) is 0.835. The number of halogens is 3. The molecule has 4 heteroatoms. The Morgan fingerprint density at radius 1 is 1.05 bits per heavy atom. The Labute approximate surface area is 128 Å². The van der Waals surface area contributed by atoms with E-state index >= 15 is 0 Å².